The molecule has 156 valence electrons. The Balaban J connectivity index is 1.30. The van der Waals surface area contributed by atoms with Crippen LogP contribution in [-0.4, -0.2) is 41.2 Å². The van der Waals surface area contributed by atoms with Gasteiger partial charge in [-0.25, -0.2) is 9.29 Å². The van der Waals surface area contributed by atoms with E-state index in [4.69, 9.17) is 0 Å². The molecule has 0 aromatic carbocycles. The Morgan fingerprint density at radius 2 is 1.86 bits per heavy atom. The number of nitrogens with zero attached hydrogens (tertiary/aromatic N) is 3. The van der Waals surface area contributed by atoms with Crippen molar-refractivity contribution in [1.29, 1.82) is 0 Å². The molecular formula is C21H30F3N3S. The van der Waals surface area contributed by atoms with Crippen molar-refractivity contribution in [2.45, 2.75) is 52.1 Å². The highest BCUT2D eigenvalue weighted by Gasteiger charge is 2.55. The van der Waals surface area contributed by atoms with Crippen LogP contribution in [0.5, 0.6) is 0 Å². The highest BCUT2D eigenvalue weighted by molar-refractivity contribution is 7.97. The topological polar surface area (TPSA) is 19.4 Å². The zero-order valence-corrected chi connectivity index (χ0v) is 17.6. The molecule has 28 heavy (non-hydrogen) atoms. The molecule has 3 fully saturated rings. The molecule has 0 unspecified atom stereocenters. The Hall–Kier alpha value is -0.950. The molecule has 0 radical (unpaired) electrons. The molecule has 0 spiro atoms. The largest absolute Gasteiger partial charge is 0.417 e. The first-order chi connectivity index (χ1) is 13.2. The van der Waals surface area contributed by atoms with Gasteiger partial charge in [-0.05, 0) is 54.6 Å². The van der Waals surface area contributed by atoms with Crippen molar-refractivity contribution in [3.8, 4) is 0 Å². The second kappa shape index (κ2) is 7.38. The summed E-state index contributed by atoms with van der Waals surface area (Å²) < 4.78 is 40.6. The van der Waals surface area contributed by atoms with Crippen molar-refractivity contribution in [3.05, 3.63) is 23.9 Å². The third kappa shape index (κ3) is 3.64. The van der Waals surface area contributed by atoms with Gasteiger partial charge in [0.2, 0.25) is 0 Å². The number of anilines is 1. The van der Waals surface area contributed by atoms with E-state index >= 15 is 0 Å². The van der Waals surface area contributed by atoms with Crippen LogP contribution in [0.1, 0.15) is 51.5 Å². The second-order valence-corrected chi connectivity index (χ2v) is 10.3. The first kappa shape index (κ1) is 20.3. The number of hydrogen-bond donors (Lipinski definition) is 0. The van der Waals surface area contributed by atoms with E-state index in [-0.39, 0.29) is 0 Å². The summed E-state index contributed by atoms with van der Waals surface area (Å²) >= 11 is 2.00. The number of halogens is 3. The maximum absolute atomic E-state index is 12.7. The summed E-state index contributed by atoms with van der Waals surface area (Å²) in [6.45, 7) is 8.44. The molecule has 4 rings (SSSR count). The van der Waals surface area contributed by atoms with Gasteiger partial charge in [0, 0.05) is 38.1 Å². The molecule has 2 aliphatic carbocycles. The molecule has 1 aromatic rings. The lowest BCUT2D eigenvalue weighted by molar-refractivity contribution is -0.137. The maximum atomic E-state index is 12.7. The normalized spacial score (nSPS) is 30.6. The van der Waals surface area contributed by atoms with Crippen molar-refractivity contribution >= 4 is 17.8 Å². The molecule has 2 bridgehead atoms. The van der Waals surface area contributed by atoms with Gasteiger partial charge in [-0.15, -0.1) is 0 Å². The zero-order valence-electron chi connectivity index (χ0n) is 16.8. The van der Waals surface area contributed by atoms with Gasteiger partial charge in [-0.2, -0.15) is 13.2 Å². The van der Waals surface area contributed by atoms with Gasteiger partial charge in [0.15, 0.2) is 0 Å². The summed E-state index contributed by atoms with van der Waals surface area (Å²) in [5, 5.41) is 0. The summed E-state index contributed by atoms with van der Waals surface area (Å²) in [6, 6.07) is 2.62. The Morgan fingerprint density at radius 3 is 2.50 bits per heavy atom. The molecule has 1 aromatic heterocycles. The van der Waals surface area contributed by atoms with E-state index in [9.17, 15) is 13.2 Å². The van der Waals surface area contributed by atoms with Crippen molar-refractivity contribution in [2.24, 2.45) is 16.7 Å². The predicted molar refractivity (Wildman–Crippen MR) is 108 cm³/mol. The number of alkyl halides is 3. The fourth-order valence-corrected chi connectivity index (χ4v) is 7.05. The maximum Gasteiger partial charge on any atom is 0.417 e. The standard InChI is InChI=1S/C21H30F3N3S/c1-19(2)16-4-3-8-20(19,9-7-16)15-28-27-12-10-26(11-13-27)18-6-5-17(14-25-18)21(22,23)24/h5-6,14,16H,3-4,7-13,15H2,1-2H3/t16-,20+/m0/s1. The number of rotatable bonds is 4. The van der Waals surface area contributed by atoms with Crippen LogP contribution in [0.25, 0.3) is 0 Å². The average molecular weight is 414 g/mol. The van der Waals surface area contributed by atoms with E-state index in [1.54, 1.807) is 0 Å². The Labute approximate surface area is 170 Å². The van der Waals surface area contributed by atoms with E-state index in [2.05, 4.69) is 28.0 Å². The fourth-order valence-electron chi connectivity index (χ4n) is 5.54. The number of pyridine rings is 1. The van der Waals surface area contributed by atoms with E-state index < -0.39 is 11.7 Å². The van der Waals surface area contributed by atoms with Crippen LogP contribution in [0.2, 0.25) is 0 Å². The summed E-state index contributed by atoms with van der Waals surface area (Å²) in [4.78, 5) is 6.13. The molecule has 0 amide bonds. The predicted octanol–water partition coefficient (Wildman–Crippen LogP) is 5.48. The first-order valence-corrected chi connectivity index (χ1v) is 11.3. The van der Waals surface area contributed by atoms with Gasteiger partial charge in [0.1, 0.15) is 5.82 Å². The number of piperazine rings is 1. The van der Waals surface area contributed by atoms with E-state index in [1.165, 1.54) is 43.9 Å². The van der Waals surface area contributed by atoms with Crippen LogP contribution in [-0.2, 0) is 6.18 Å². The lowest BCUT2D eigenvalue weighted by Crippen LogP contribution is -2.46. The summed E-state index contributed by atoms with van der Waals surface area (Å²) in [5.74, 6) is 2.74. The monoisotopic (exact) mass is 413 g/mol. The van der Waals surface area contributed by atoms with E-state index in [1.807, 2.05) is 11.9 Å². The highest BCUT2D eigenvalue weighted by atomic mass is 32.2. The Morgan fingerprint density at radius 1 is 1.11 bits per heavy atom. The van der Waals surface area contributed by atoms with Gasteiger partial charge < -0.3 is 4.90 Å². The second-order valence-electron chi connectivity index (χ2n) is 9.22. The molecule has 3 aliphatic rings. The molecule has 2 saturated carbocycles. The molecule has 2 atom stereocenters. The summed E-state index contributed by atoms with van der Waals surface area (Å²) in [7, 11) is 0. The van der Waals surface area contributed by atoms with E-state index in [0.717, 1.165) is 44.4 Å². The minimum atomic E-state index is -4.33. The minimum absolute atomic E-state index is 0.449. The molecule has 7 heteroatoms. The van der Waals surface area contributed by atoms with Crippen LogP contribution >= 0.6 is 11.9 Å². The molecular weight excluding hydrogens is 383 g/mol. The number of hydrogen-bond acceptors (Lipinski definition) is 4. The Kier molecular flexibility index (Phi) is 5.36. The van der Waals surface area contributed by atoms with Gasteiger partial charge in [-0.3, -0.25) is 0 Å². The van der Waals surface area contributed by atoms with Crippen molar-refractivity contribution in [2.75, 3.05) is 36.8 Å². The SMILES string of the molecule is CC1(C)[C@H]2CCC[C@]1(CSN1CCN(c3ccc(C(F)(F)F)cn3)CC1)CC2. The number of aromatic nitrogens is 1. The van der Waals surface area contributed by atoms with Crippen molar-refractivity contribution in [3.63, 3.8) is 0 Å². The third-order valence-corrected chi connectivity index (χ3v) is 9.14. The molecule has 2 heterocycles. The van der Waals surface area contributed by atoms with Crippen LogP contribution < -0.4 is 4.90 Å². The number of fused-ring (bicyclic) bond motifs is 2. The fraction of sp³-hybridized carbons (Fsp3) is 0.762. The van der Waals surface area contributed by atoms with E-state index in [0.29, 0.717) is 16.6 Å². The smallest absolute Gasteiger partial charge is 0.354 e. The highest BCUT2D eigenvalue weighted by Crippen LogP contribution is 2.64. The Bertz CT molecular complexity index is 679. The van der Waals surface area contributed by atoms with Crippen LogP contribution in [0.15, 0.2) is 18.3 Å². The first-order valence-electron chi connectivity index (χ1n) is 10.4. The van der Waals surface area contributed by atoms with Gasteiger partial charge in [-0.1, -0.05) is 32.2 Å². The van der Waals surface area contributed by atoms with Crippen LogP contribution in [0, 0.1) is 16.7 Å². The summed E-state index contributed by atoms with van der Waals surface area (Å²) in [6.07, 6.45) is 3.51. The van der Waals surface area contributed by atoms with Gasteiger partial charge >= 0.3 is 6.18 Å². The average Bonchev–Trinajstić information content (AvgIpc) is 2.82. The molecule has 1 aliphatic heterocycles. The molecule has 3 nitrogen and oxygen atoms in total. The zero-order chi connectivity index (χ0) is 20.0. The van der Waals surface area contributed by atoms with Gasteiger partial charge in [0.25, 0.3) is 0 Å². The minimum Gasteiger partial charge on any atom is -0.354 e. The molecule has 0 N–H and O–H groups in total. The van der Waals surface area contributed by atoms with Crippen molar-refractivity contribution < 1.29 is 13.2 Å². The lowest BCUT2D eigenvalue weighted by Gasteiger charge is -2.49. The molecule has 1 saturated heterocycles. The van der Waals surface area contributed by atoms with Crippen LogP contribution in [0.4, 0.5) is 19.0 Å². The lowest BCUT2D eigenvalue weighted by atomic mass is 9.59. The van der Waals surface area contributed by atoms with Crippen molar-refractivity contribution in [1.82, 2.24) is 9.29 Å². The summed E-state index contributed by atoms with van der Waals surface area (Å²) in [5.41, 5.74) is 0.242. The van der Waals surface area contributed by atoms with Crippen LogP contribution in [0.3, 0.4) is 0 Å². The third-order valence-electron chi connectivity index (χ3n) is 7.73. The van der Waals surface area contributed by atoms with Gasteiger partial charge in [0.05, 0.1) is 5.56 Å². The quantitative estimate of drug-likeness (QED) is 0.609.